The highest BCUT2D eigenvalue weighted by molar-refractivity contribution is 5.77. The smallest absolute Gasteiger partial charge is 0.150 e. The second-order valence-corrected chi connectivity index (χ2v) is 2.17. The van der Waals surface area contributed by atoms with E-state index < -0.39 is 0 Å². The minimum atomic E-state index is 0.810. The Labute approximate surface area is 74.4 Å². The van der Waals surface area contributed by atoms with Crippen molar-refractivity contribution in [1.82, 2.24) is 0 Å². The number of aldehydes is 1. The summed E-state index contributed by atoms with van der Waals surface area (Å²) in [5, 5.41) is 0. The fourth-order valence-corrected chi connectivity index (χ4v) is 0.971. The number of carbonyl (C=O) groups excluding carboxylic acids is 1. The predicted octanol–water partition coefficient (Wildman–Crippen LogP) is 3.09. The molecule has 12 heavy (non-hydrogen) atoms. The van der Waals surface area contributed by atoms with E-state index in [0.717, 1.165) is 23.8 Å². The van der Waals surface area contributed by atoms with Crippen molar-refractivity contribution in [2.75, 3.05) is 0 Å². The first-order valence-corrected chi connectivity index (χ1v) is 4.41. The second-order valence-electron chi connectivity index (χ2n) is 2.17. The number of hydrogen-bond donors (Lipinski definition) is 0. The van der Waals surface area contributed by atoms with Crippen LogP contribution in [0.2, 0.25) is 0 Å². The Morgan fingerprint density at radius 3 is 2.25 bits per heavy atom. The van der Waals surface area contributed by atoms with Gasteiger partial charge in [0.1, 0.15) is 6.29 Å². The zero-order chi connectivity index (χ0) is 9.40. The molecule has 0 aromatic heterocycles. The van der Waals surface area contributed by atoms with E-state index in [1.54, 1.807) is 0 Å². The van der Waals surface area contributed by atoms with Gasteiger partial charge in [0.05, 0.1) is 0 Å². The van der Waals surface area contributed by atoms with Crippen LogP contribution in [0.4, 0.5) is 0 Å². The first kappa shape index (κ1) is 10.9. The molecule has 0 bridgehead atoms. The molecule has 66 valence electrons. The third-order valence-electron chi connectivity index (χ3n) is 1.56. The lowest BCUT2D eigenvalue weighted by Gasteiger charge is -1.97. The van der Waals surface area contributed by atoms with Gasteiger partial charge in [0.25, 0.3) is 0 Å². The maximum absolute atomic E-state index is 10.4. The van der Waals surface area contributed by atoms with Crippen LogP contribution in [0.5, 0.6) is 0 Å². The Kier molecular flexibility index (Phi) is 5.98. The van der Waals surface area contributed by atoms with Crippen molar-refractivity contribution < 1.29 is 4.79 Å². The molecule has 0 radical (unpaired) electrons. The van der Waals surface area contributed by atoms with Gasteiger partial charge in [0, 0.05) is 5.56 Å². The Hall–Kier alpha value is -1.11. The molecule has 0 aliphatic heterocycles. The van der Waals surface area contributed by atoms with Crippen LogP contribution in [0.3, 0.4) is 0 Å². The van der Waals surface area contributed by atoms with E-state index in [-0.39, 0.29) is 0 Å². The lowest BCUT2D eigenvalue weighted by Crippen LogP contribution is -1.88. The third-order valence-corrected chi connectivity index (χ3v) is 1.56. The summed E-state index contributed by atoms with van der Waals surface area (Å²) >= 11 is 0. The predicted molar refractivity (Wildman–Crippen MR) is 52.6 cm³/mol. The van der Waals surface area contributed by atoms with Gasteiger partial charge in [0.15, 0.2) is 0 Å². The van der Waals surface area contributed by atoms with Crippen LogP contribution in [0.1, 0.15) is 36.7 Å². The molecule has 0 fully saturated rings. The Bertz CT molecular complexity index is 228. The SMILES string of the molecule is CC.CCc1ccccc1C=O. The molecule has 0 saturated heterocycles. The Morgan fingerprint density at radius 2 is 1.83 bits per heavy atom. The molecule has 0 aliphatic carbocycles. The van der Waals surface area contributed by atoms with Gasteiger partial charge in [-0.3, -0.25) is 4.79 Å². The zero-order valence-corrected chi connectivity index (χ0v) is 8.00. The monoisotopic (exact) mass is 164 g/mol. The lowest BCUT2D eigenvalue weighted by atomic mass is 10.1. The van der Waals surface area contributed by atoms with E-state index >= 15 is 0 Å². The molecule has 0 N–H and O–H groups in total. The maximum Gasteiger partial charge on any atom is 0.150 e. The van der Waals surface area contributed by atoms with Crippen molar-refractivity contribution in [3.8, 4) is 0 Å². The fraction of sp³-hybridized carbons (Fsp3) is 0.364. The summed E-state index contributed by atoms with van der Waals surface area (Å²) in [6, 6.07) is 7.64. The summed E-state index contributed by atoms with van der Waals surface area (Å²) in [6.45, 7) is 6.04. The average molecular weight is 164 g/mol. The van der Waals surface area contributed by atoms with Crippen LogP contribution < -0.4 is 0 Å². The van der Waals surface area contributed by atoms with Crippen molar-refractivity contribution in [3.05, 3.63) is 35.4 Å². The molecule has 1 nitrogen and oxygen atoms in total. The van der Waals surface area contributed by atoms with Crippen molar-refractivity contribution in [2.45, 2.75) is 27.2 Å². The largest absolute Gasteiger partial charge is 0.298 e. The summed E-state index contributed by atoms with van der Waals surface area (Å²) in [5.74, 6) is 0. The molecule has 1 rings (SSSR count). The van der Waals surface area contributed by atoms with Gasteiger partial charge in [-0.15, -0.1) is 0 Å². The molecular formula is C11H16O. The number of hydrogen-bond acceptors (Lipinski definition) is 1. The molecule has 0 heterocycles. The summed E-state index contributed by atoms with van der Waals surface area (Å²) in [7, 11) is 0. The minimum absolute atomic E-state index is 0.810. The molecule has 0 amide bonds. The second kappa shape index (κ2) is 6.59. The standard InChI is InChI=1S/C9H10O.C2H6/c1-2-8-5-3-4-6-9(8)7-10;1-2/h3-7H,2H2,1H3;1-2H3. The van der Waals surface area contributed by atoms with Gasteiger partial charge in [-0.2, -0.15) is 0 Å². The highest BCUT2D eigenvalue weighted by Gasteiger charge is 1.94. The van der Waals surface area contributed by atoms with Crippen LogP contribution in [0.15, 0.2) is 24.3 Å². The van der Waals surface area contributed by atoms with E-state index in [2.05, 4.69) is 0 Å². The normalized spacial score (nSPS) is 8.25. The number of rotatable bonds is 2. The number of carbonyl (C=O) groups is 1. The van der Waals surface area contributed by atoms with Gasteiger partial charge in [-0.25, -0.2) is 0 Å². The Balaban J connectivity index is 0.000000561. The molecule has 1 aromatic carbocycles. The van der Waals surface area contributed by atoms with Crippen LogP contribution in [-0.2, 0) is 6.42 Å². The summed E-state index contributed by atoms with van der Waals surface area (Å²) < 4.78 is 0. The molecule has 0 aliphatic rings. The van der Waals surface area contributed by atoms with E-state index in [0.29, 0.717) is 0 Å². The van der Waals surface area contributed by atoms with Gasteiger partial charge >= 0.3 is 0 Å². The number of benzene rings is 1. The van der Waals surface area contributed by atoms with Crippen molar-refractivity contribution in [1.29, 1.82) is 0 Å². The molecule has 0 spiro atoms. The average Bonchev–Trinajstić information content (AvgIpc) is 2.20. The minimum Gasteiger partial charge on any atom is -0.298 e. The first-order valence-electron chi connectivity index (χ1n) is 4.41. The highest BCUT2D eigenvalue weighted by atomic mass is 16.1. The highest BCUT2D eigenvalue weighted by Crippen LogP contribution is 2.05. The van der Waals surface area contributed by atoms with Gasteiger partial charge in [0.2, 0.25) is 0 Å². The molecule has 0 unspecified atom stereocenters. The lowest BCUT2D eigenvalue weighted by molar-refractivity contribution is 0.112. The van der Waals surface area contributed by atoms with Crippen molar-refractivity contribution in [2.24, 2.45) is 0 Å². The fourth-order valence-electron chi connectivity index (χ4n) is 0.971. The van der Waals surface area contributed by atoms with Crippen molar-refractivity contribution in [3.63, 3.8) is 0 Å². The summed E-state index contributed by atoms with van der Waals surface area (Å²) in [5.41, 5.74) is 1.93. The summed E-state index contributed by atoms with van der Waals surface area (Å²) in [4.78, 5) is 10.4. The summed E-state index contributed by atoms with van der Waals surface area (Å²) in [6.07, 6.45) is 1.83. The van der Waals surface area contributed by atoms with E-state index in [9.17, 15) is 4.79 Å². The van der Waals surface area contributed by atoms with Crippen LogP contribution in [0.25, 0.3) is 0 Å². The van der Waals surface area contributed by atoms with Gasteiger partial charge < -0.3 is 0 Å². The number of aryl methyl sites for hydroxylation is 1. The molecule has 1 aromatic rings. The quantitative estimate of drug-likeness (QED) is 0.614. The first-order chi connectivity index (χ1) is 5.88. The molecular weight excluding hydrogens is 148 g/mol. The van der Waals surface area contributed by atoms with E-state index in [1.165, 1.54) is 0 Å². The maximum atomic E-state index is 10.4. The molecule has 1 heteroatoms. The molecule has 0 saturated carbocycles. The van der Waals surface area contributed by atoms with Crippen LogP contribution >= 0.6 is 0 Å². The van der Waals surface area contributed by atoms with E-state index in [1.807, 2.05) is 45.0 Å². The van der Waals surface area contributed by atoms with Gasteiger partial charge in [-0.1, -0.05) is 45.0 Å². The zero-order valence-electron chi connectivity index (χ0n) is 8.00. The van der Waals surface area contributed by atoms with Gasteiger partial charge in [-0.05, 0) is 12.0 Å². The van der Waals surface area contributed by atoms with Crippen molar-refractivity contribution >= 4 is 6.29 Å². The van der Waals surface area contributed by atoms with E-state index in [4.69, 9.17) is 0 Å². The molecule has 0 atom stereocenters. The Morgan fingerprint density at radius 1 is 1.25 bits per heavy atom. The van der Waals surface area contributed by atoms with Crippen LogP contribution in [-0.4, -0.2) is 6.29 Å². The topological polar surface area (TPSA) is 17.1 Å². The third kappa shape index (κ3) is 2.87. The van der Waals surface area contributed by atoms with Crippen LogP contribution in [0, 0.1) is 0 Å².